The number of hydrogen-bond donors (Lipinski definition) is 0. The SMILES string of the molecule is CCN(C(=O)CSc1nncn1-c1ccccc1OC)c1ccccc1C. The van der Waals surface area contributed by atoms with Gasteiger partial charge in [0.1, 0.15) is 12.1 Å². The standard InChI is InChI=1S/C20H22N4O2S/c1-4-23(16-10-6-5-9-15(16)2)19(25)13-27-20-22-21-14-24(20)17-11-7-8-12-18(17)26-3/h5-12,14H,4,13H2,1-3H3. The summed E-state index contributed by atoms with van der Waals surface area (Å²) in [5.41, 5.74) is 2.86. The van der Waals surface area contributed by atoms with Gasteiger partial charge in [-0.05, 0) is 37.6 Å². The lowest BCUT2D eigenvalue weighted by molar-refractivity contribution is -0.116. The van der Waals surface area contributed by atoms with E-state index in [9.17, 15) is 4.79 Å². The molecule has 0 unspecified atom stereocenters. The van der Waals surface area contributed by atoms with Crippen molar-refractivity contribution in [2.45, 2.75) is 19.0 Å². The summed E-state index contributed by atoms with van der Waals surface area (Å²) in [6, 6.07) is 15.5. The number of aromatic nitrogens is 3. The maximum atomic E-state index is 12.8. The summed E-state index contributed by atoms with van der Waals surface area (Å²) in [4.78, 5) is 14.6. The minimum Gasteiger partial charge on any atom is -0.495 e. The fraction of sp³-hybridized carbons (Fsp3) is 0.250. The van der Waals surface area contributed by atoms with Gasteiger partial charge >= 0.3 is 0 Å². The van der Waals surface area contributed by atoms with Gasteiger partial charge in [-0.3, -0.25) is 9.36 Å². The van der Waals surface area contributed by atoms with Crippen molar-refractivity contribution in [3.8, 4) is 11.4 Å². The second-order valence-corrected chi connectivity index (χ2v) is 6.81. The number of para-hydroxylation sites is 3. The van der Waals surface area contributed by atoms with Crippen LogP contribution in [-0.2, 0) is 4.79 Å². The van der Waals surface area contributed by atoms with Gasteiger partial charge < -0.3 is 9.64 Å². The lowest BCUT2D eigenvalue weighted by Crippen LogP contribution is -2.32. The fourth-order valence-corrected chi connectivity index (χ4v) is 3.67. The highest BCUT2D eigenvalue weighted by molar-refractivity contribution is 7.99. The Morgan fingerprint density at radius 1 is 1.19 bits per heavy atom. The molecule has 140 valence electrons. The third-order valence-corrected chi connectivity index (χ3v) is 5.14. The lowest BCUT2D eigenvalue weighted by atomic mass is 10.2. The summed E-state index contributed by atoms with van der Waals surface area (Å²) in [5, 5.41) is 8.81. The van der Waals surface area contributed by atoms with Crippen molar-refractivity contribution in [3.63, 3.8) is 0 Å². The Hall–Kier alpha value is -2.80. The quantitative estimate of drug-likeness (QED) is 0.583. The molecule has 0 aliphatic heterocycles. The number of benzene rings is 2. The van der Waals surface area contributed by atoms with Crippen LogP contribution in [0, 0.1) is 6.92 Å². The molecule has 1 heterocycles. The van der Waals surface area contributed by atoms with Gasteiger partial charge in [0.15, 0.2) is 5.16 Å². The summed E-state index contributed by atoms with van der Waals surface area (Å²) in [7, 11) is 1.63. The molecule has 0 aliphatic rings. The molecule has 2 aromatic carbocycles. The zero-order valence-electron chi connectivity index (χ0n) is 15.6. The van der Waals surface area contributed by atoms with E-state index >= 15 is 0 Å². The Bertz CT molecular complexity index is 926. The van der Waals surface area contributed by atoms with E-state index in [2.05, 4.69) is 10.2 Å². The molecular weight excluding hydrogens is 360 g/mol. The first-order valence-corrected chi connectivity index (χ1v) is 9.66. The van der Waals surface area contributed by atoms with Crippen molar-refractivity contribution in [3.05, 3.63) is 60.4 Å². The number of hydrogen-bond acceptors (Lipinski definition) is 5. The lowest BCUT2D eigenvalue weighted by Gasteiger charge is -2.22. The number of amides is 1. The summed E-state index contributed by atoms with van der Waals surface area (Å²) in [6.45, 7) is 4.60. The minimum atomic E-state index is 0.0337. The van der Waals surface area contributed by atoms with Crippen LogP contribution in [0.15, 0.2) is 60.0 Å². The van der Waals surface area contributed by atoms with Crippen LogP contribution in [0.25, 0.3) is 5.69 Å². The number of anilines is 1. The summed E-state index contributed by atoms with van der Waals surface area (Å²) >= 11 is 1.36. The number of carbonyl (C=O) groups is 1. The van der Waals surface area contributed by atoms with Gasteiger partial charge in [0.05, 0.1) is 18.6 Å². The Kier molecular flexibility index (Phi) is 6.13. The van der Waals surface area contributed by atoms with Gasteiger partial charge in [0, 0.05) is 12.2 Å². The van der Waals surface area contributed by atoms with Crippen LogP contribution in [-0.4, -0.2) is 40.1 Å². The van der Waals surface area contributed by atoms with Gasteiger partial charge in [-0.1, -0.05) is 42.1 Å². The number of aryl methyl sites for hydroxylation is 1. The summed E-state index contributed by atoms with van der Waals surface area (Å²) in [6.07, 6.45) is 1.63. The first-order chi connectivity index (χ1) is 13.2. The van der Waals surface area contributed by atoms with Crippen molar-refractivity contribution < 1.29 is 9.53 Å². The number of rotatable bonds is 7. The molecule has 1 amide bonds. The molecule has 0 fully saturated rings. The fourth-order valence-electron chi connectivity index (χ4n) is 2.87. The van der Waals surface area contributed by atoms with Gasteiger partial charge in [0.25, 0.3) is 0 Å². The third kappa shape index (κ3) is 4.14. The van der Waals surface area contributed by atoms with E-state index in [0.717, 1.165) is 22.7 Å². The highest BCUT2D eigenvalue weighted by Crippen LogP contribution is 2.27. The number of thioether (sulfide) groups is 1. The normalized spacial score (nSPS) is 10.6. The molecule has 0 aliphatic carbocycles. The smallest absolute Gasteiger partial charge is 0.237 e. The van der Waals surface area contributed by atoms with Crippen LogP contribution in [0.4, 0.5) is 5.69 Å². The second-order valence-electron chi connectivity index (χ2n) is 5.87. The zero-order valence-corrected chi connectivity index (χ0v) is 16.4. The molecule has 3 aromatic rings. The van der Waals surface area contributed by atoms with Crippen LogP contribution < -0.4 is 9.64 Å². The summed E-state index contributed by atoms with van der Waals surface area (Å²) < 4.78 is 7.25. The number of carbonyl (C=O) groups excluding carboxylic acids is 1. The van der Waals surface area contributed by atoms with Gasteiger partial charge in [-0.15, -0.1) is 10.2 Å². The third-order valence-electron chi connectivity index (χ3n) is 4.21. The maximum Gasteiger partial charge on any atom is 0.237 e. The Labute approximate surface area is 163 Å². The van der Waals surface area contributed by atoms with Crippen LogP contribution >= 0.6 is 11.8 Å². The Morgan fingerprint density at radius 3 is 2.67 bits per heavy atom. The van der Waals surface area contributed by atoms with E-state index in [4.69, 9.17) is 4.74 Å². The van der Waals surface area contributed by atoms with Crippen LogP contribution in [0.5, 0.6) is 5.75 Å². The Balaban J connectivity index is 1.77. The van der Waals surface area contributed by atoms with E-state index in [1.807, 2.05) is 66.9 Å². The van der Waals surface area contributed by atoms with E-state index in [-0.39, 0.29) is 11.7 Å². The first-order valence-electron chi connectivity index (χ1n) is 8.68. The van der Waals surface area contributed by atoms with Gasteiger partial charge in [0.2, 0.25) is 5.91 Å². The molecule has 27 heavy (non-hydrogen) atoms. The van der Waals surface area contributed by atoms with Crippen LogP contribution in [0.3, 0.4) is 0 Å². The predicted octanol–water partition coefficient (Wildman–Crippen LogP) is 3.73. The average molecular weight is 382 g/mol. The molecule has 0 atom stereocenters. The predicted molar refractivity (Wildman–Crippen MR) is 108 cm³/mol. The molecule has 1 aromatic heterocycles. The minimum absolute atomic E-state index is 0.0337. The zero-order chi connectivity index (χ0) is 19.2. The molecule has 3 rings (SSSR count). The number of nitrogens with zero attached hydrogens (tertiary/aromatic N) is 4. The molecule has 0 spiro atoms. The molecule has 0 saturated carbocycles. The van der Waals surface area contributed by atoms with Crippen molar-refractivity contribution in [2.75, 3.05) is 24.3 Å². The largest absolute Gasteiger partial charge is 0.495 e. The topological polar surface area (TPSA) is 60.2 Å². The van der Waals surface area contributed by atoms with Crippen LogP contribution in [0.2, 0.25) is 0 Å². The van der Waals surface area contributed by atoms with Crippen molar-refractivity contribution in [2.24, 2.45) is 0 Å². The molecule has 0 bridgehead atoms. The Morgan fingerprint density at radius 2 is 1.93 bits per heavy atom. The first kappa shape index (κ1) is 19.0. The van der Waals surface area contributed by atoms with E-state index in [1.165, 1.54) is 11.8 Å². The van der Waals surface area contributed by atoms with E-state index < -0.39 is 0 Å². The molecule has 0 saturated heterocycles. The monoisotopic (exact) mass is 382 g/mol. The van der Waals surface area contributed by atoms with Crippen LogP contribution in [0.1, 0.15) is 12.5 Å². The number of methoxy groups -OCH3 is 1. The van der Waals surface area contributed by atoms with Crippen molar-refractivity contribution in [1.82, 2.24) is 14.8 Å². The molecular formula is C20H22N4O2S. The summed E-state index contributed by atoms with van der Waals surface area (Å²) in [5.74, 6) is 1.03. The van der Waals surface area contributed by atoms with Crippen molar-refractivity contribution in [1.29, 1.82) is 0 Å². The maximum absolute atomic E-state index is 12.8. The molecule has 0 radical (unpaired) electrons. The molecule has 7 heteroatoms. The number of ether oxygens (including phenoxy) is 1. The van der Waals surface area contributed by atoms with Crippen molar-refractivity contribution >= 4 is 23.4 Å². The second kappa shape index (κ2) is 8.73. The van der Waals surface area contributed by atoms with Gasteiger partial charge in [-0.25, -0.2) is 0 Å². The molecule has 0 N–H and O–H groups in total. The highest BCUT2D eigenvalue weighted by atomic mass is 32.2. The van der Waals surface area contributed by atoms with E-state index in [0.29, 0.717) is 11.7 Å². The average Bonchev–Trinajstić information content (AvgIpc) is 3.16. The van der Waals surface area contributed by atoms with Gasteiger partial charge in [-0.2, -0.15) is 0 Å². The highest BCUT2D eigenvalue weighted by Gasteiger charge is 2.18. The molecule has 6 nitrogen and oxygen atoms in total. The van der Waals surface area contributed by atoms with E-state index in [1.54, 1.807) is 18.3 Å².